The Labute approximate surface area is 124 Å². The average molecular weight is 313 g/mol. The fourth-order valence-corrected chi connectivity index (χ4v) is 2.07. The van der Waals surface area contributed by atoms with E-state index >= 15 is 0 Å². The molecule has 7 heteroatoms. The number of halogens is 3. The van der Waals surface area contributed by atoms with Gasteiger partial charge in [-0.25, -0.2) is 4.98 Å². The van der Waals surface area contributed by atoms with Crippen LogP contribution in [0.1, 0.15) is 17.4 Å². The van der Waals surface area contributed by atoms with Crippen LogP contribution < -0.4 is 4.74 Å². The first-order valence-corrected chi connectivity index (χ1v) is 6.39. The highest BCUT2D eigenvalue weighted by Gasteiger charge is 2.37. The summed E-state index contributed by atoms with van der Waals surface area (Å²) in [5, 5.41) is 18.4. The number of benzene rings is 1. The van der Waals surface area contributed by atoms with Gasteiger partial charge in [-0.1, -0.05) is 18.2 Å². The van der Waals surface area contributed by atoms with Crippen LogP contribution in [0.5, 0.6) is 5.75 Å². The van der Waals surface area contributed by atoms with Crippen LogP contribution in [0, 0.1) is 0 Å². The van der Waals surface area contributed by atoms with Crippen LogP contribution in [0.4, 0.5) is 13.2 Å². The molecule has 1 atom stereocenters. The lowest BCUT2D eigenvalue weighted by Gasteiger charge is -2.17. The summed E-state index contributed by atoms with van der Waals surface area (Å²) in [5.41, 5.74) is -1.22. The number of nitrogens with zero attached hydrogens (tertiary/aromatic N) is 1. The molecule has 0 saturated carbocycles. The van der Waals surface area contributed by atoms with E-state index in [1.165, 1.54) is 13.2 Å². The van der Waals surface area contributed by atoms with Crippen molar-refractivity contribution in [3.8, 4) is 17.0 Å². The Balaban J connectivity index is 2.61. The number of para-hydroxylation sites is 1. The summed E-state index contributed by atoms with van der Waals surface area (Å²) in [6.45, 7) is -0.821. The number of methoxy groups -OCH3 is 1. The summed E-state index contributed by atoms with van der Waals surface area (Å²) in [5.74, 6) is 0.388. The molecular weight excluding hydrogens is 299 g/mol. The third-order valence-electron chi connectivity index (χ3n) is 3.11. The number of aliphatic hydroxyl groups excluding tert-OH is 2. The molecule has 2 rings (SSSR count). The molecule has 2 N–H and O–H groups in total. The van der Waals surface area contributed by atoms with Crippen LogP contribution in [0.25, 0.3) is 11.3 Å². The Hall–Kier alpha value is -2.12. The van der Waals surface area contributed by atoms with Crippen molar-refractivity contribution in [2.24, 2.45) is 0 Å². The quantitative estimate of drug-likeness (QED) is 0.911. The van der Waals surface area contributed by atoms with E-state index < -0.39 is 30.1 Å². The van der Waals surface area contributed by atoms with E-state index in [4.69, 9.17) is 9.84 Å². The minimum absolute atomic E-state index is 0.0682. The van der Waals surface area contributed by atoms with Gasteiger partial charge >= 0.3 is 6.18 Å². The summed E-state index contributed by atoms with van der Waals surface area (Å²) in [4.78, 5) is 3.62. The molecule has 118 valence electrons. The fraction of sp³-hybridized carbons (Fsp3) is 0.267. The van der Waals surface area contributed by atoms with E-state index in [9.17, 15) is 18.3 Å². The first kappa shape index (κ1) is 16.3. The molecular formula is C15H14F3NO3. The number of ether oxygens (including phenoxy) is 1. The zero-order valence-electron chi connectivity index (χ0n) is 11.6. The van der Waals surface area contributed by atoms with Gasteiger partial charge in [-0.2, -0.15) is 13.2 Å². The van der Waals surface area contributed by atoms with Crippen molar-refractivity contribution >= 4 is 0 Å². The van der Waals surface area contributed by atoms with Crippen LogP contribution in [0.3, 0.4) is 0 Å². The Morgan fingerprint density at radius 3 is 2.45 bits per heavy atom. The summed E-state index contributed by atoms with van der Waals surface area (Å²) in [7, 11) is 1.41. The van der Waals surface area contributed by atoms with Crippen LogP contribution >= 0.6 is 0 Å². The highest BCUT2D eigenvalue weighted by atomic mass is 19.4. The van der Waals surface area contributed by atoms with Gasteiger partial charge in [0.25, 0.3) is 0 Å². The predicted molar refractivity (Wildman–Crippen MR) is 73.3 cm³/mol. The van der Waals surface area contributed by atoms with Crippen molar-refractivity contribution in [3.05, 3.63) is 47.7 Å². The van der Waals surface area contributed by atoms with Crippen LogP contribution in [0.15, 0.2) is 36.4 Å². The third kappa shape index (κ3) is 3.20. The van der Waals surface area contributed by atoms with Crippen molar-refractivity contribution in [1.29, 1.82) is 0 Å². The van der Waals surface area contributed by atoms with Crippen molar-refractivity contribution < 1.29 is 28.1 Å². The second-order valence-electron chi connectivity index (χ2n) is 4.53. The second kappa shape index (κ2) is 6.33. The molecule has 0 saturated heterocycles. The molecule has 1 aromatic heterocycles. The minimum atomic E-state index is -4.75. The molecule has 2 aromatic rings. The molecule has 0 aliphatic carbocycles. The first-order chi connectivity index (χ1) is 10.4. The second-order valence-corrected chi connectivity index (χ2v) is 4.53. The lowest BCUT2D eigenvalue weighted by molar-refractivity contribution is -0.143. The van der Waals surface area contributed by atoms with E-state index in [-0.39, 0.29) is 5.69 Å². The number of aromatic nitrogens is 1. The maximum atomic E-state index is 13.1. The lowest BCUT2D eigenvalue weighted by atomic mass is 10.0. The third-order valence-corrected chi connectivity index (χ3v) is 3.11. The highest BCUT2D eigenvalue weighted by Crippen LogP contribution is 2.36. The maximum Gasteiger partial charge on any atom is 0.433 e. The zero-order valence-corrected chi connectivity index (χ0v) is 11.6. The molecule has 1 aromatic carbocycles. The summed E-state index contributed by atoms with van der Waals surface area (Å²) < 4.78 is 44.5. The molecule has 4 nitrogen and oxygen atoms in total. The zero-order chi connectivity index (χ0) is 16.3. The van der Waals surface area contributed by atoms with Gasteiger partial charge in [0.05, 0.1) is 19.4 Å². The number of hydrogen-bond acceptors (Lipinski definition) is 4. The molecule has 0 fully saturated rings. The summed E-state index contributed by atoms with van der Waals surface area (Å²) in [6, 6.07) is 9.00. The SMILES string of the molecule is COc1ccccc1-c1ccc([C@H](O)CO)c(C(F)(F)F)n1. The smallest absolute Gasteiger partial charge is 0.433 e. The number of pyridine rings is 1. The topological polar surface area (TPSA) is 62.6 Å². The van der Waals surface area contributed by atoms with E-state index in [1.807, 2.05) is 0 Å². The van der Waals surface area contributed by atoms with E-state index in [1.54, 1.807) is 24.3 Å². The Morgan fingerprint density at radius 2 is 1.86 bits per heavy atom. The van der Waals surface area contributed by atoms with Gasteiger partial charge in [-0.15, -0.1) is 0 Å². The fourth-order valence-electron chi connectivity index (χ4n) is 2.07. The van der Waals surface area contributed by atoms with Gasteiger partial charge in [0.15, 0.2) is 5.69 Å². The minimum Gasteiger partial charge on any atom is -0.496 e. The van der Waals surface area contributed by atoms with Crippen molar-refractivity contribution in [2.75, 3.05) is 13.7 Å². The van der Waals surface area contributed by atoms with Crippen molar-refractivity contribution in [2.45, 2.75) is 12.3 Å². The molecule has 0 radical (unpaired) electrons. The molecule has 0 amide bonds. The number of rotatable bonds is 4. The number of hydrogen-bond donors (Lipinski definition) is 2. The number of aliphatic hydroxyl groups is 2. The standard InChI is InChI=1S/C15H14F3NO3/c1-22-13-5-3-2-4-9(13)11-7-6-10(12(21)8-20)14(19-11)15(16,17)18/h2-7,12,20-21H,8H2,1H3/t12-/m1/s1. The van der Waals surface area contributed by atoms with Gasteiger partial charge in [-0.3, -0.25) is 0 Å². The van der Waals surface area contributed by atoms with E-state index in [0.29, 0.717) is 11.3 Å². The highest BCUT2D eigenvalue weighted by molar-refractivity contribution is 5.67. The van der Waals surface area contributed by atoms with Crippen LogP contribution in [0.2, 0.25) is 0 Å². The van der Waals surface area contributed by atoms with E-state index in [2.05, 4.69) is 4.98 Å². The van der Waals surface area contributed by atoms with Crippen LogP contribution in [-0.4, -0.2) is 28.9 Å². The molecule has 0 aliphatic heterocycles. The molecule has 1 heterocycles. The summed E-state index contributed by atoms with van der Waals surface area (Å²) >= 11 is 0. The normalized spacial score (nSPS) is 13.0. The average Bonchev–Trinajstić information content (AvgIpc) is 2.52. The van der Waals surface area contributed by atoms with Gasteiger partial charge < -0.3 is 14.9 Å². The van der Waals surface area contributed by atoms with E-state index in [0.717, 1.165) is 6.07 Å². The molecule has 0 spiro atoms. The lowest BCUT2D eigenvalue weighted by Crippen LogP contribution is -2.16. The van der Waals surface area contributed by atoms with Gasteiger partial charge in [0.1, 0.15) is 11.9 Å². The maximum absolute atomic E-state index is 13.1. The summed E-state index contributed by atoms with van der Waals surface area (Å²) in [6.07, 6.45) is -6.39. The van der Waals surface area contributed by atoms with Gasteiger partial charge in [0, 0.05) is 11.1 Å². The molecule has 0 aliphatic rings. The Kier molecular flexibility index (Phi) is 4.68. The van der Waals surface area contributed by atoms with Crippen molar-refractivity contribution in [3.63, 3.8) is 0 Å². The first-order valence-electron chi connectivity index (χ1n) is 6.39. The predicted octanol–water partition coefficient (Wildman–Crippen LogP) is 2.80. The molecule has 22 heavy (non-hydrogen) atoms. The number of alkyl halides is 3. The monoisotopic (exact) mass is 313 g/mol. The molecule has 0 unspecified atom stereocenters. The van der Waals surface area contributed by atoms with Gasteiger partial charge in [-0.05, 0) is 18.2 Å². The van der Waals surface area contributed by atoms with Gasteiger partial charge in [0.2, 0.25) is 0 Å². The Bertz CT molecular complexity index is 659. The van der Waals surface area contributed by atoms with Crippen LogP contribution in [-0.2, 0) is 6.18 Å². The Morgan fingerprint density at radius 1 is 1.18 bits per heavy atom. The molecule has 0 bridgehead atoms. The van der Waals surface area contributed by atoms with Crippen molar-refractivity contribution in [1.82, 2.24) is 4.98 Å². The largest absolute Gasteiger partial charge is 0.496 e.